The summed E-state index contributed by atoms with van der Waals surface area (Å²) in [5.74, 6) is 0. The van der Waals surface area contributed by atoms with E-state index in [0.29, 0.717) is 13.1 Å². The van der Waals surface area contributed by atoms with Gasteiger partial charge in [-0.25, -0.2) is 13.1 Å². The quantitative estimate of drug-likeness (QED) is 0.521. The summed E-state index contributed by atoms with van der Waals surface area (Å²) in [6.07, 6.45) is 3.24. The molecule has 5 nitrogen and oxygen atoms in total. The highest BCUT2D eigenvalue weighted by atomic mass is 32.2. The van der Waals surface area contributed by atoms with E-state index in [1.807, 2.05) is 0 Å². The van der Waals surface area contributed by atoms with Crippen LogP contribution in [0.5, 0.6) is 0 Å². The molecule has 0 aliphatic rings. The standard InChI is InChI=1S/C8H20N2O3S/c1-13-8-4-3-5-9-6-7-10-14(2,11)12/h9-10H,3-8H2,1-2H3. The van der Waals surface area contributed by atoms with Gasteiger partial charge in [-0.2, -0.15) is 0 Å². The molecule has 0 aliphatic carbocycles. The molecule has 86 valence electrons. The van der Waals surface area contributed by atoms with Crippen LogP contribution in [0.15, 0.2) is 0 Å². The average Bonchev–Trinajstić information content (AvgIpc) is 2.08. The van der Waals surface area contributed by atoms with E-state index in [9.17, 15) is 8.42 Å². The van der Waals surface area contributed by atoms with Gasteiger partial charge in [-0.15, -0.1) is 0 Å². The fraction of sp³-hybridized carbons (Fsp3) is 1.00. The second kappa shape index (κ2) is 8.16. The summed E-state index contributed by atoms with van der Waals surface area (Å²) in [4.78, 5) is 0. The summed E-state index contributed by atoms with van der Waals surface area (Å²) >= 11 is 0. The number of ether oxygens (including phenoxy) is 1. The van der Waals surface area contributed by atoms with Crippen molar-refractivity contribution in [3.05, 3.63) is 0 Å². The Morgan fingerprint density at radius 1 is 1.14 bits per heavy atom. The van der Waals surface area contributed by atoms with Crippen LogP contribution in [0.4, 0.5) is 0 Å². The third-order valence-corrected chi connectivity index (χ3v) is 2.35. The summed E-state index contributed by atoms with van der Waals surface area (Å²) < 4.78 is 28.6. The normalized spacial score (nSPS) is 11.9. The molecule has 0 radical (unpaired) electrons. The third kappa shape index (κ3) is 11.8. The second-order valence-electron chi connectivity index (χ2n) is 3.12. The van der Waals surface area contributed by atoms with Crippen molar-refractivity contribution in [2.45, 2.75) is 12.8 Å². The molecule has 0 fully saturated rings. The molecule has 0 saturated heterocycles. The lowest BCUT2D eigenvalue weighted by Crippen LogP contribution is -2.31. The van der Waals surface area contributed by atoms with Crippen molar-refractivity contribution in [1.29, 1.82) is 0 Å². The van der Waals surface area contributed by atoms with Crippen molar-refractivity contribution in [3.63, 3.8) is 0 Å². The SMILES string of the molecule is COCCCCNCCNS(C)(=O)=O. The Morgan fingerprint density at radius 3 is 2.43 bits per heavy atom. The molecular formula is C8H20N2O3S. The lowest BCUT2D eigenvalue weighted by Gasteiger charge is -2.04. The second-order valence-corrected chi connectivity index (χ2v) is 4.95. The van der Waals surface area contributed by atoms with Crippen LogP contribution in [0.2, 0.25) is 0 Å². The topological polar surface area (TPSA) is 67.4 Å². The van der Waals surface area contributed by atoms with Crippen LogP contribution in [0.1, 0.15) is 12.8 Å². The molecule has 0 rings (SSSR count). The molecule has 0 unspecified atom stereocenters. The van der Waals surface area contributed by atoms with E-state index in [2.05, 4.69) is 10.0 Å². The third-order valence-electron chi connectivity index (χ3n) is 1.62. The monoisotopic (exact) mass is 224 g/mol. The van der Waals surface area contributed by atoms with E-state index < -0.39 is 10.0 Å². The van der Waals surface area contributed by atoms with Gasteiger partial charge >= 0.3 is 0 Å². The molecule has 0 saturated carbocycles. The molecule has 0 aromatic carbocycles. The van der Waals surface area contributed by atoms with Crippen molar-refractivity contribution < 1.29 is 13.2 Å². The molecule has 0 bridgehead atoms. The minimum atomic E-state index is -3.04. The molecule has 0 aromatic rings. The highest BCUT2D eigenvalue weighted by Crippen LogP contribution is 1.85. The summed E-state index contributed by atoms with van der Waals surface area (Å²) in [6.45, 7) is 2.79. The molecule has 14 heavy (non-hydrogen) atoms. The van der Waals surface area contributed by atoms with Crippen molar-refractivity contribution in [2.75, 3.05) is 39.6 Å². The van der Waals surface area contributed by atoms with Gasteiger partial charge in [0.1, 0.15) is 0 Å². The molecule has 0 aromatic heterocycles. The van der Waals surface area contributed by atoms with Gasteiger partial charge in [0.25, 0.3) is 0 Å². The van der Waals surface area contributed by atoms with Crippen LogP contribution in [0.3, 0.4) is 0 Å². The van der Waals surface area contributed by atoms with Crippen molar-refractivity contribution in [1.82, 2.24) is 10.0 Å². The first-order valence-corrected chi connectivity index (χ1v) is 6.59. The molecule has 2 N–H and O–H groups in total. The maximum Gasteiger partial charge on any atom is 0.208 e. The average molecular weight is 224 g/mol. The van der Waals surface area contributed by atoms with E-state index >= 15 is 0 Å². The predicted octanol–water partition coefficient (Wildman–Crippen LogP) is -0.448. The largest absolute Gasteiger partial charge is 0.385 e. The Bertz CT molecular complexity index is 217. The molecule has 0 aliphatic heterocycles. The fourth-order valence-corrected chi connectivity index (χ4v) is 1.42. The van der Waals surface area contributed by atoms with Gasteiger partial charge in [-0.1, -0.05) is 0 Å². The number of hydrogen-bond acceptors (Lipinski definition) is 4. The zero-order valence-corrected chi connectivity index (χ0v) is 9.69. The number of sulfonamides is 1. The lowest BCUT2D eigenvalue weighted by molar-refractivity contribution is 0.192. The first-order chi connectivity index (χ1) is 6.56. The Labute approximate surface area is 86.3 Å². The van der Waals surface area contributed by atoms with Crippen LogP contribution < -0.4 is 10.0 Å². The van der Waals surface area contributed by atoms with E-state index in [1.165, 1.54) is 0 Å². The highest BCUT2D eigenvalue weighted by Gasteiger charge is 1.97. The van der Waals surface area contributed by atoms with Crippen LogP contribution in [-0.4, -0.2) is 48.0 Å². The molecule has 6 heteroatoms. The fourth-order valence-electron chi connectivity index (χ4n) is 0.946. The summed E-state index contributed by atoms with van der Waals surface area (Å²) in [5, 5.41) is 3.13. The van der Waals surface area contributed by atoms with E-state index in [0.717, 1.165) is 32.2 Å². The van der Waals surface area contributed by atoms with Gasteiger partial charge in [0.05, 0.1) is 6.26 Å². The minimum Gasteiger partial charge on any atom is -0.385 e. The van der Waals surface area contributed by atoms with E-state index in [4.69, 9.17) is 4.74 Å². The van der Waals surface area contributed by atoms with Gasteiger partial charge in [0, 0.05) is 26.8 Å². The Balaban J connectivity index is 3.07. The van der Waals surface area contributed by atoms with Gasteiger partial charge in [0.15, 0.2) is 0 Å². The van der Waals surface area contributed by atoms with Crippen LogP contribution >= 0.6 is 0 Å². The highest BCUT2D eigenvalue weighted by molar-refractivity contribution is 7.88. The number of nitrogens with one attached hydrogen (secondary N) is 2. The van der Waals surface area contributed by atoms with Gasteiger partial charge in [-0.05, 0) is 19.4 Å². The molecular weight excluding hydrogens is 204 g/mol. The first-order valence-electron chi connectivity index (χ1n) is 4.70. The molecule has 0 atom stereocenters. The predicted molar refractivity (Wildman–Crippen MR) is 56.8 cm³/mol. The Hall–Kier alpha value is -0.170. The van der Waals surface area contributed by atoms with Crippen molar-refractivity contribution >= 4 is 10.0 Å². The van der Waals surface area contributed by atoms with Crippen LogP contribution in [0.25, 0.3) is 0 Å². The van der Waals surface area contributed by atoms with Gasteiger partial charge < -0.3 is 10.1 Å². The number of rotatable bonds is 9. The Kier molecular flexibility index (Phi) is 8.07. The molecule has 0 amide bonds. The molecule has 0 spiro atoms. The zero-order chi connectivity index (χ0) is 10.9. The maximum absolute atomic E-state index is 10.6. The summed E-state index contributed by atoms with van der Waals surface area (Å²) in [6, 6.07) is 0. The van der Waals surface area contributed by atoms with E-state index in [1.54, 1.807) is 7.11 Å². The minimum absolute atomic E-state index is 0.448. The first kappa shape index (κ1) is 13.8. The van der Waals surface area contributed by atoms with Gasteiger partial charge in [0.2, 0.25) is 10.0 Å². The molecule has 0 heterocycles. The lowest BCUT2D eigenvalue weighted by atomic mass is 10.3. The smallest absolute Gasteiger partial charge is 0.208 e. The van der Waals surface area contributed by atoms with Crippen molar-refractivity contribution in [3.8, 4) is 0 Å². The van der Waals surface area contributed by atoms with Crippen molar-refractivity contribution in [2.24, 2.45) is 0 Å². The zero-order valence-electron chi connectivity index (χ0n) is 8.88. The summed E-state index contributed by atoms with van der Waals surface area (Å²) in [7, 11) is -1.35. The van der Waals surface area contributed by atoms with E-state index in [-0.39, 0.29) is 0 Å². The number of unbranched alkanes of at least 4 members (excludes halogenated alkanes) is 1. The Morgan fingerprint density at radius 2 is 1.86 bits per heavy atom. The van der Waals surface area contributed by atoms with Gasteiger partial charge in [-0.3, -0.25) is 0 Å². The van der Waals surface area contributed by atoms with Crippen LogP contribution in [0, 0.1) is 0 Å². The maximum atomic E-state index is 10.6. The number of methoxy groups -OCH3 is 1. The summed E-state index contributed by atoms with van der Waals surface area (Å²) in [5.41, 5.74) is 0. The van der Waals surface area contributed by atoms with Crippen LogP contribution in [-0.2, 0) is 14.8 Å². The number of hydrogen-bond donors (Lipinski definition) is 2.